The fraction of sp³-hybridized carbons (Fsp3) is 0.438. The number of benzene rings is 1. The van der Waals surface area contributed by atoms with Gasteiger partial charge in [-0.05, 0) is 31.3 Å². The van der Waals surface area contributed by atoms with E-state index in [0.29, 0.717) is 29.6 Å². The lowest BCUT2D eigenvalue weighted by Gasteiger charge is -2.40. The van der Waals surface area contributed by atoms with Crippen LogP contribution in [0.1, 0.15) is 40.0 Å². The van der Waals surface area contributed by atoms with E-state index in [1.54, 1.807) is 18.2 Å². The van der Waals surface area contributed by atoms with Crippen molar-refractivity contribution in [1.29, 1.82) is 0 Å². The third-order valence-corrected chi connectivity index (χ3v) is 4.21. The molecule has 1 spiro atoms. The molecule has 2 N–H and O–H groups in total. The first-order valence-electron chi connectivity index (χ1n) is 7.42. The molecule has 22 heavy (non-hydrogen) atoms. The van der Waals surface area contributed by atoms with Crippen LogP contribution in [0.25, 0.3) is 0 Å². The molecule has 116 valence electrons. The van der Waals surface area contributed by atoms with Crippen LogP contribution >= 0.6 is 0 Å². The molecular formula is C16H18N2O4. The minimum atomic E-state index is -0.406. The first-order valence-corrected chi connectivity index (χ1v) is 7.42. The van der Waals surface area contributed by atoms with Crippen LogP contribution in [0, 0.1) is 0 Å². The summed E-state index contributed by atoms with van der Waals surface area (Å²) < 4.78 is 6.10. The molecule has 0 bridgehead atoms. The van der Waals surface area contributed by atoms with Gasteiger partial charge in [-0.1, -0.05) is 0 Å². The maximum atomic E-state index is 12.5. The predicted octanol–water partition coefficient (Wildman–Crippen LogP) is 0.703. The summed E-state index contributed by atoms with van der Waals surface area (Å²) in [6, 6.07) is 4.84. The molecule has 0 radical (unpaired) electrons. The average Bonchev–Trinajstić information content (AvgIpc) is 2.53. The molecule has 2 aliphatic rings. The lowest BCUT2D eigenvalue weighted by atomic mass is 9.83. The largest absolute Gasteiger partial charge is 0.486 e. The molecule has 1 aromatic carbocycles. The van der Waals surface area contributed by atoms with E-state index >= 15 is 0 Å². The Hall–Kier alpha value is -2.21. The van der Waals surface area contributed by atoms with Gasteiger partial charge >= 0.3 is 0 Å². The third-order valence-electron chi connectivity index (χ3n) is 4.21. The van der Waals surface area contributed by atoms with E-state index < -0.39 is 5.60 Å². The summed E-state index contributed by atoms with van der Waals surface area (Å²) in [5.74, 6) is 0.183. The molecule has 0 aliphatic carbocycles. The van der Waals surface area contributed by atoms with Gasteiger partial charge in [0, 0.05) is 18.4 Å². The van der Waals surface area contributed by atoms with Crippen molar-refractivity contribution >= 4 is 18.0 Å². The third kappa shape index (κ3) is 2.74. The molecule has 0 saturated carbocycles. The Labute approximate surface area is 128 Å². The van der Waals surface area contributed by atoms with Gasteiger partial charge in [-0.3, -0.25) is 9.59 Å². The highest BCUT2D eigenvalue weighted by atomic mass is 16.5. The van der Waals surface area contributed by atoms with Crippen molar-refractivity contribution in [1.82, 2.24) is 10.6 Å². The SMILES string of the molecule is O=CCNC(=O)c1ccc2c(c1)C(=O)CC1(CCNCC1)O2. The van der Waals surface area contributed by atoms with Crippen molar-refractivity contribution in [2.75, 3.05) is 19.6 Å². The second kappa shape index (κ2) is 5.88. The number of carbonyl (C=O) groups is 3. The van der Waals surface area contributed by atoms with Gasteiger partial charge in [0.05, 0.1) is 18.5 Å². The maximum Gasteiger partial charge on any atom is 0.251 e. The van der Waals surface area contributed by atoms with Gasteiger partial charge in [-0.25, -0.2) is 0 Å². The summed E-state index contributed by atoms with van der Waals surface area (Å²) in [4.78, 5) is 34.6. The molecule has 0 unspecified atom stereocenters. The molecule has 6 nitrogen and oxygen atoms in total. The van der Waals surface area contributed by atoms with E-state index in [9.17, 15) is 14.4 Å². The average molecular weight is 302 g/mol. The Morgan fingerprint density at radius 2 is 2.14 bits per heavy atom. The first kappa shape index (κ1) is 14.7. The number of amides is 1. The van der Waals surface area contributed by atoms with Crippen LogP contribution in [0.2, 0.25) is 0 Å². The molecule has 1 aromatic rings. The van der Waals surface area contributed by atoms with Gasteiger partial charge in [-0.2, -0.15) is 0 Å². The van der Waals surface area contributed by atoms with Crippen LogP contribution in [-0.4, -0.2) is 43.2 Å². The zero-order valence-corrected chi connectivity index (χ0v) is 12.2. The highest BCUT2D eigenvalue weighted by Gasteiger charge is 2.41. The summed E-state index contributed by atoms with van der Waals surface area (Å²) in [6.45, 7) is 1.64. The molecule has 1 amide bonds. The number of ether oxygens (including phenoxy) is 1. The minimum Gasteiger partial charge on any atom is -0.486 e. The highest BCUT2D eigenvalue weighted by Crippen LogP contribution is 2.38. The van der Waals surface area contributed by atoms with Crippen molar-refractivity contribution in [2.24, 2.45) is 0 Å². The van der Waals surface area contributed by atoms with Gasteiger partial charge in [0.1, 0.15) is 17.6 Å². The lowest BCUT2D eigenvalue weighted by Crippen LogP contribution is -2.49. The van der Waals surface area contributed by atoms with Gasteiger partial charge < -0.3 is 20.2 Å². The van der Waals surface area contributed by atoms with Crippen LogP contribution < -0.4 is 15.4 Å². The quantitative estimate of drug-likeness (QED) is 0.803. The van der Waals surface area contributed by atoms with Crippen LogP contribution in [0.4, 0.5) is 0 Å². The molecule has 2 heterocycles. The van der Waals surface area contributed by atoms with Crippen molar-refractivity contribution in [3.05, 3.63) is 29.3 Å². The van der Waals surface area contributed by atoms with E-state index in [4.69, 9.17) is 4.74 Å². The van der Waals surface area contributed by atoms with Gasteiger partial charge in [0.25, 0.3) is 5.91 Å². The summed E-state index contributed by atoms with van der Waals surface area (Å²) in [5.41, 5.74) is 0.401. The Bertz CT molecular complexity index is 621. The van der Waals surface area contributed by atoms with Crippen molar-refractivity contribution in [3.63, 3.8) is 0 Å². The van der Waals surface area contributed by atoms with Crippen molar-refractivity contribution in [2.45, 2.75) is 24.9 Å². The van der Waals surface area contributed by atoms with Crippen LogP contribution in [0.3, 0.4) is 0 Å². The molecule has 3 rings (SSSR count). The standard InChI is InChI=1S/C16H18N2O4/c19-8-7-18-15(21)11-1-2-14-12(9-11)13(20)10-16(22-14)3-5-17-6-4-16/h1-2,8-9,17H,3-7,10H2,(H,18,21). The van der Waals surface area contributed by atoms with E-state index in [0.717, 1.165) is 25.9 Å². The molecule has 0 atom stereocenters. The number of hydrogen-bond donors (Lipinski definition) is 2. The molecule has 0 aromatic heterocycles. The zero-order chi connectivity index (χ0) is 15.6. The predicted molar refractivity (Wildman–Crippen MR) is 79.2 cm³/mol. The number of piperidine rings is 1. The number of Topliss-reactive ketones (excluding diaryl/α,β-unsaturated/α-hetero) is 1. The van der Waals surface area contributed by atoms with Crippen LogP contribution in [0.15, 0.2) is 18.2 Å². The topological polar surface area (TPSA) is 84.5 Å². The van der Waals surface area contributed by atoms with E-state index in [2.05, 4.69) is 10.6 Å². The molecule has 2 aliphatic heterocycles. The van der Waals surface area contributed by atoms with Crippen LogP contribution in [0.5, 0.6) is 5.75 Å². The number of nitrogens with one attached hydrogen (secondary N) is 2. The number of hydrogen-bond acceptors (Lipinski definition) is 5. The van der Waals surface area contributed by atoms with Gasteiger partial charge in [0.15, 0.2) is 5.78 Å². The second-order valence-corrected chi connectivity index (χ2v) is 5.72. The first-order chi connectivity index (χ1) is 10.6. The lowest BCUT2D eigenvalue weighted by molar-refractivity contribution is -0.107. The van der Waals surface area contributed by atoms with E-state index in [-0.39, 0.29) is 18.2 Å². The fourth-order valence-corrected chi connectivity index (χ4v) is 3.03. The molecular weight excluding hydrogens is 284 g/mol. The van der Waals surface area contributed by atoms with E-state index in [1.165, 1.54) is 0 Å². The summed E-state index contributed by atoms with van der Waals surface area (Å²) in [5, 5.41) is 5.73. The Kier molecular flexibility index (Phi) is 3.94. The highest BCUT2D eigenvalue weighted by molar-refractivity contribution is 6.03. The number of fused-ring (bicyclic) bond motifs is 1. The summed E-state index contributed by atoms with van der Waals surface area (Å²) in [6.07, 6.45) is 2.58. The van der Waals surface area contributed by atoms with Crippen molar-refractivity contribution in [3.8, 4) is 5.75 Å². The maximum absolute atomic E-state index is 12.5. The molecule has 1 saturated heterocycles. The second-order valence-electron chi connectivity index (χ2n) is 5.72. The fourth-order valence-electron chi connectivity index (χ4n) is 3.03. The smallest absolute Gasteiger partial charge is 0.251 e. The number of aldehydes is 1. The zero-order valence-electron chi connectivity index (χ0n) is 12.2. The number of rotatable bonds is 3. The monoisotopic (exact) mass is 302 g/mol. The van der Waals surface area contributed by atoms with Crippen LogP contribution in [-0.2, 0) is 4.79 Å². The van der Waals surface area contributed by atoms with Gasteiger partial charge in [0.2, 0.25) is 0 Å². The molecule has 6 heteroatoms. The number of ketones is 1. The Balaban J connectivity index is 1.85. The minimum absolute atomic E-state index is 0.00758. The van der Waals surface area contributed by atoms with E-state index in [1.807, 2.05) is 0 Å². The normalized spacial score (nSPS) is 19.2. The van der Waals surface area contributed by atoms with Crippen molar-refractivity contribution < 1.29 is 19.1 Å². The summed E-state index contributed by atoms with van der Waals surface area (Å²) in [7, 11) is 0. The van der Waals surface area contributed by atoms with Gasteiger partial charge in [-0.15, -0.1) is 0 Å². The molecule has 1 fully saturated rings. The Morgan fingerprint density at radius 1 is 1.36 bits per heavy atom. The Morgan fingerprint density at radius 3 is 2.86 bits per heavy atom. The summed E-state index contributed by atoms with van der Waals surface area (Å²) >= 11 is 0. The number of carbonyl (C=O) groups excluding carboxylic acids is 3.